The number of methoxy groups -OCH3 is 1. The molecule has 4 nitrogen and oxygen atoms in total. The Morgan fingerprint density at radius 1 is 1.53 bits per heavy atom. The average molecular weight is 205 g/mol. The van der Waals surface area contributed by atoms with E-state index in [0.29, 0.717) is 6.54 Å². The van der Waals surface area contributed by atoms with Crippen molar-refractivity contribution in [3.63, 3.8) is 0 Å². The fraction of sp³-hybridized carbons (Fsp3) is 0.364. The first-order chi connectivity index (χ1) is 7.24. The van der Waals surface area contributed by atoms with Crippen molar-refractivity contribution in [1.29, 1.82) is 0 Å². The minimum absolute atomic E-state index is 0.253. The number of H-pyrrole nitrogens is 1. The van der Waals surface area contributed by atoms with E-state index < -0.39 is 0 Å². The second-order valence-corrected chi connectivity index (χ2v) is 3.64. The number of benzene rings is 1. The summed E-state index contributed by atoms with van der Waals surface area (Å²) in [6, 6.07) is 5.78. The predicted molar refractivity (Wildman–Crippen MR) is 60.1 cm³/mol. The van der Waals surface area contributed by atoms with Crippen LogP contribution in [-0.2, 0) is 0 Å². The van der Waals surface area contributed by atoms with Crippen molar-refractivity contribution in [3.8, 4) is 5.75 Å². The van der Waals surface area contributed by atoms with Crippen LogP contribution in [0.3, 0.4) is 0 Å². The summed E-state index contributed by atoms with van der Waals surface area (Å²) in [7, 11) is 1.65. The number of nitrogens with two attached hydrogens (primary N) is 1. The third kappa shape index (κ3) is 1.80. The van der Waals surface area contributed by atoms with Gasteiger partial charge >= 0.3 is 0 Å². The van der Waals surface area contributed by atoms with E-state index in [1.54, 1.807) is 7.11 Å². The quantitative estimate of drug-likeness (QED) is 0.800. The lowest BCUT2D eigenvalue weighted by molar-refractivity contribution is 0.415. The van der Waals surface area contributed by atoms with Gasteiger partial charge in [0.25, 0.3) is 0 Å². The van der Waals surface area contributed by atoms with E-state index in [2.05, 4.69) is 16.9 Å². The molecule has 1 atom stereocenters. The molecule has 3 N–H and O–H groups in total. The molecular formula is C11H15N3O. The molecule has 1 aromatic carbocycles. The number of ether oxygens (including phenoxy) is 1. The van der Waals surface area contributed by atoms with Crippen LogP contribution in [-0.4, -0.2) is 23.6 Å². The third-order valence-corrected chi connectivity index (χ3v) is 2.53. The molecule has 0 saturated carbocycles. The van der Waals surface area contributed by atoms with Crippen molar-refractivity contribution in [2.45, 2.75) is 12.8 Å². The van der Waals surface area contributed by atoms with Gasteiger partial charge in [0.05, 0.1) is 18.1 Å². The number of hydrogen-bond acceptors (Lipinski definition) is 3. The molecule has 2 aromatic rings. The summed E-state index contributed by atoms with van der Waals surface area (Å²) in [5, 5.41) is 0. The Bertz CT molecular complexity index is 464. The third-order valence-electron chi connectivity index (χ3n) is 2.53. The van der Waals surface area contributed by atoms with E-state index in [-0.39, 0.29) is 5.92 Å². The Balaban J connectivity index is 2.46. The Morgan fingerprint density at radius 2 is 2.33 bits per heavy atom. The van der Waals surface area contributed by atoms with Crippen LogP contribution in [0.25, 0.3) is 11.0 Å². The Kier molecular flexibility index (Phi) is 2.60. The lowest BCUT2D eigenvalue weighted by atomic mass is 10.2. The number of nitrogens with one attached hydrogen (secondary N) is 1. The van der Waals surface area contributed by atoms with Crippen LogP contribution in [0.15, 0.2) is 18.2 Å². The van der Waals surface area contributed by atoms with Crippen LogP contribution in [0.4, 0.5) is 0 Å². The van der Waals surface area contributed by atoms with E-state index in [9.17, 15) is 0 Å². The SMILES string of the molecule is COc1ccc2nc(C(C)CN)[nH]c2c1. The Hall–Kier alpha value is -1.55. The van der Waals surface area contributed by atoms with E-state index in [0.717, 1.165) is 22.6 Å². The van der Waals surface area contributed by atoms with Gasteiger partial charge in [0.2, 0.25) is 0 Å². The molecule has 15 heavy (non-hydrogen) atoms. The molecule has 0 saturated heterocycles. The zero-order valence-corrected chi connectivity index (χ0v) is 8.95. The highest BCUT2D eigenvalue weighted by atomic mass is 16.5. The molecule has 1 unspecified atom stereocenters. The van der Waals surface area contributed by atoms with Crippen molar-refractivity contribution >= 4 is 11.0 Å². The highest BCUT2D eigenvalue weighted by molar-refractivity contribution is 5.76. The molecule has 80 valence electrons. The van der Waals surface area contributed by atoms with Crippen molar-refractivity contribution in [1.82, 2.24) is 9.97 Å². The van der Waals surface area contributed by atoms with Crippen LogP contribution < -0.4 is 10.5 Å². The smallest absolute Gasteiger partial charge is 0.121 e. The standard InChI is InChI=1S/C11H15N3O/c1-7(6-12)11-13-9-4-3-8(15-2)5-10(9)14-11/h3-5,7H,6,12H2,1-2H3,(H,13,14). The van der Waals surface area contributed by atoms with Crippen molar-refractivity contribution in [2.24, 2.45) is 5.73 Å². The fourth-order valence-corrected chi connectivity index (χ4v) is 1.48. The van der Waals surface area contributed by atoms with Gasteiger partial charge in [-0.15, -0.1) is 0 Å². The molecule has 0 fully saturated rings. The molecule has 0 bridgehead atoms. The van der Waals surface area contributed by atoms with E-state index >= 15 is 0 Å². The number of fused-ring (bicyclic) bond motifs is 1. The number of imidazole rings is 1. The first-order valence-corrected chi connectivity index (χ1v) is 4.98. The normalized spacial score (nSPS) is 13.0. The summed E-state index contributed by atoms with van der Waals surface area (Å²) in [4.78, 5) is 7.72. The lowest BCUT2D eigenvalue weighted by Crippen LogP contribution is -2.10. The highest BCUT2D eigenvalue weighted by Gasteiger charge is 2.09. The second kappa shape index (κ2) is 3.90. The second-order valence-electron chi connectivity index (χ2n) is 3.64. The van der Waals surface area contributed by atoms with Gasteiger partial charge in [-0.25, -0.2) is 4.98 Å². The summed E-state index contributed by atoms with van der Waals surface area (Å²) >= 11 is 0. The fourth-order valence-electron chi connectivity index (χ4n) is 1.48. The Labute approximate surface area is 88.5 Å². The van der Waals surface area contributed by atoms with Crippen LogP contribution in [0.5, 0.6) is 5.75 Å². The lowest BCUT2D eigenvalue weighted by Gasteiger charge is -2.01. The van der Waals surface area contributed by atoms with Crippen molar-refractivity contribution < 1.29 is 4.74 Å². The van der Waals surface area contributed by atoms with Gasteiger partial charge in [-0.1, -0.05) is 6.92 Å². The minimum Gasteiger partial charge on any atom is -0.497 e. The van der Waals surface area contributed by atoms with Crippen molar-refractivity contribution in [3.05, 3.63) is 24.0 Å². The number of aromatic amines is 1. The van der Waals surface area contributed by atoms with Gasteiger partial charge < -0.3 is 15.5 Å². The largest absolute Gasteiger partial charge is 0.497 e. The summed E-state index contributed by atoms with van der Waals surface area (Å²) < 4.78 is 5.15. The predicted octanol–water partition coefficient (Wildman–Crippen LogP) is 1.63. The molecule has 2 rings (SSSR count). The average Bonchev–Trinajstić information content (AvgIpc) is 2.70. The van der Waals surface area contributed by atoms with Gasteiger partial charge in [-0.05, 0) is 12.1 Å². The van der Waals surface area contributed by atoms with Crippen LogP contribution in [0, 0.1) is 0 Å². The maximum Gasteiger partial charge on any atom is 0.121 e. The molecule has 1 aromatic heterocycles. The minimum atomic E-state index is 0.253. The topological polar surface area (TPSA) is 63.9 Å². The molecule has 0 spiro atoms. The van der Waals surface area contributed by atoms with Gasteiger partial charge in [-0.3, -0.25) is 0 Å². The van der Waals surface area contributed by atoms with Crippen LogP contribution >= 0.6 is 0 Å². The molecule has 0 aliphatic rings. The first kappa shape index (κ1) is 9.98. The number of hydrogen-bond donors (Lipinski definition) is 2. The maximum atomic E-state index is 5.60. The highest BCUT2D eigenvalue weighted by Crippen LogP contribution is 2.21. The first-order valence-electron chi connectivity index (χ1n) is 4.98. The summed E-state index contributed by atoms with van der Waals surface area (Å²) in [6.07, 6.45) is 0. The summed E-state index contributed by atoms with van der Waals surface area (Å²) in [5.41, 5.74) is 7.54. The monoisotopic (exact) mass is 205 g/mol. The van der Waals surface area contributed by atoms with E-state index in [1.807, 2.05) is 18.2 Å². The molecule has 0 aliphatic heterocycles. The molecule has 0 aliphatic carbocycles. The molecule has 0 amide bonds. The zero-order chi connectivity index (χ0) is 10.8. The van der Waals surface area contributed by atoms with Crippen LogP contribution in [0.2, 0.25) is 0 Å². The molecule has 0 radical (unpaired) electrons. The van der Waals surface area contributed by atoms with Gasteiger partial charge in [-0.2, -0.15) is 0 Å². The Morgan fingerprint density at radius 3 is 3.00 bits per heavy atom. The molecule has 1 heterocycles. The van der Waals surface area contributed by atoms with E-state index in [1.165, 1.54) is 0 Å². The molecule has 4 heteroatoms. The van der Waals surface area contributed by atoms with Gasteiger partial charge in [0.15, 0.2) is 0 Å². The van der Waals surface area contributed by atoms with Gasteiger partial charge in [0, 0.05) is 18.5 Å². The summed E-state index contributed by atoms with van der Waals surface area (Å²) in [6.45, 7) is 2.64. The number of rotatable bonds is 3. The van der Waals surface area contributed by atoms with Gasteiger partial charge in [0.1, 0.15) is 11.6 Å². The summed E-state index contributed by atoms with van der Waals surface area (Å²) in [5.74, 6) is 2.02. The van der Waals surface area contributed by atoms with E-state index in [4.69, 9.17) is 10.5 Å². The number of aromatic nitrogens is 2. The van der Waals surface area contributed by atoms with Crippen LogP contribution in [0.1, 0.15) is 18.7 Å². The molecular weight excluding hydrogens is 190 g/mol. The zero-order valence-electron chi connectivity index (χ0n) is 8.95. The maximum absolute atomic E-state index is 5.60. The number of nitrogens with zero attached hydrogens (tertiary/aromatic N) is 1. The van der Waals surface area contributed by atoms with Crippen molar-refractivity contribution in [2.75, 3.05) is 13.7 Å².